The molecular weight excluding hydrogens is 460 g/mol. The molecule has 2 aromatic heterocycles. The summed E-state index contributed by atoms with van der Waals surface area (Å²) >= 11 is 0.504. The molecule has 0 bridgehead atoms. The fourth-order valence-corrected chi connectivity index (χ4v) is 4.42. The molecule has 33 heavy (non-hydrogen) atoms. The molecule has 1 aliphatic heterocycles. The van der Waals surface area contributed by atoms with Crippen LogP contribution in [0.15, 0.2) is 24.3 Å². The highest BCUT2D eigenvalue weighted by Gasteiger charge is 2.36. The van der Waals surface area contributed by atoms with E-state index in [2.05, 4.69) is 15.3 Å². The zero-order chi connectivity index (χ0) is 23.8. The van der Waals surface area contributed by atoms with Crippen molar-refractivity contribution in [1.82, 2.24) is 24.9 Å². The lowest BCUT2D eigenvalue weighted by Gasteiger charge is -2.34. The van der Waals surface area contributed by atoms with E-state index in [0.717, 1.165) is 11.3 Å². The normalized spacial score (nSPS) is 14.7. The zero-order valence-electron chi connectivity index (χ0n) is 18.1. The summed E-state index contributed by atoms with van der Waals surface area (Å²) in [4.78, 5) is 16.3. The van der Waals surface area contributed by atoms with Gasteiger partial charge in [-0.25, -0.2) is 4.39 Å². The molecule has 4 rings (SSSR count). The van der Waals surface area contributed by atoms with E-state index in [1.54, 1.807) is 33.5 Å². The number of piperazine rings is 1. The number of carbonyl (C=O) groups excluding carboxylic acids is 1. The van der Waals surface area contributed by atoms with E-state index in [1.807, 2.05) is 13.0 Å². The van der Waals surface area contributed by atoms with Gasteiger partial charge >= 0.3 is 6.18 Å². The summed E-state index contributed by atoms with van der Waals surface area (Å²) < 4.78 is 53.5. The third-order valence-corrected chi connectivity index (χ3v) is 6.55. The Hall–Kier alpha value is -3.02. The minimum Gasteiger partial charge on any atom is -0.343 e. The Balaban J connectivity index is 1.40. The average Bonchev–Trinajstić information content (AvgIpc) is 3.43. The Bertz CT molecular complexity index is 1150. The lowest BCUT2D eigenvalue weighted by atomic mass is 10.1. The Morgan fingerprint density at radius 2 is 1.85 bits per heavy atom. The molecule has 1 fully saturated rings. The van der Waals surface area contributed by atoms with E-state index in [-0.39, 0.29) is 23.4 Å². The van der Waals surface area contributed by atoms with Gasteiger partial charge in [-0.2, -0.15) is 18.3 Å². The van der Waals surface area contributed by atoms with Gasteiger partial charge in [0.1, 0.15) is 12.4 Å². The minimum atomic E-state index is -4.51. The lowest BCUT2D eigenvalue weighted by Crippen LogP contribution is -2.49. The highest BCUT2D eigenvalue weighted by Crippen LogP contribution is 2.34. The second kappa shape index (κ2) is 9.08. The zero-order valence-corrected chi connectivity index (χ0v) is 18.9. The SMILES string of the molecule is CCc1cc(-c2ccc(F)c(C)c2)nn1CC(=O)N1CCN(c2nnc(C(F)(F)F)s2)CC1. The number of amides is 1. The van der Waals surface area contributed by atoms with Gasteiger partial charge in [-0.15, -0.1) is 10.2 Å². The summed E-state index contributed by atoms with van der Waals surface area (Å²) in [7, 11) is 0. The minimum absolute atomic E-state index is 0.0559. The maximum atomic E-state index is 13.6. The summed E-state index contributed by atoms with van der Waals surface area (Å²) in [6, 6.07) is 6.68. The molecule has 0 aliphatic carbocycles. The molecule has 176 valence electrons. The van der Waals surface area contributed by atoms with Crippen LogP contribution in [0, 0.1) is 12.7 Å². The Morgan fingerprint density at radius 3 is 2.45 bits per heavy atom. The second-order valence-electron chi connectivity index (χ2n) is 7.75. The van der Waals surface area contributed by atoms with Crippen molar-refractivity contribution in [2.45, 2.75) is 33.0 Å². The summed E-state index contributed by atoms with van der Waals surface area (Å²) in [5, 5.41) is 10.6. The van der Waals surface area contributed by atoms with Crippen LogP contribution in [0.1, 0.15) is 23.2 Å². The van der Waals surface area contributed by atoms with Crippen LogP contribution < -0.4 is 4.90 Å². The van der Waals surface area contributed by atoms with Crippen molar-refractivity contribution in [3.8, 4) is 11.3 Å². The van der Waals surface area contributed by atoms with E-state index in [4.69, 9.17) is 0 Å². The van der Waals surface area contributed by atoms with Gasteiger partial charge in [0.05, 0.1) is 5.69 Å². The molecule has 0 atom stereocenters. The highest BCUT2D eigenvalue weighted by molar-refractivity contribution is 7.15. The maximum Gasteiger partial charge on any atom is 0.445 e. The van der Waals surface area contributed by atoms with Crippen molar-refractivity contribution >= 4 is 22.4 Å². The fraction of sp³-hybridized carbons (Fsp3) is 0.429. The molecule has 0 saturated carbocycles. The molecule has 0 unspecified atom stereocenters. The number of nitrogens with zero attached hydrogens (tertiary/aromatic N) is 6. The molecule has 0 radical (unpaired) electrons. The van der Waals surface area contributed by atoms with E-state index in [0.29, 0.717) is 55.2 Å². The van der Waals surface area contributed by atoms with Gasteiger partial charge in [0.15, 0.2) is 0 Å². The summed E-state index contributed by atoms with van der Waals surface area (Å²) in [6.45, 7) is 5.19. The molecule has 7 nitrogen and oxygen atoms in total. The summed E-state index contributed by atoms with van der Waals surface area (Å²) in [6.07, 6.45) is -3.84. The molecule has 0 N–H and O–H groups in total. The van der Waals surface area contributed by atoms with Gasteiger partial charge < -0.3 is 9.80 Å². The first-order valence-electron chi connectivity index (χ1n) is 10.4. The third-order valence-electron chi connectivity index (χ3n) is 5.52. The van der Waals surface area contributed by atoms with Gasteiger partial charge in [-0.05, 0) is 43.2 Å². The third kappa shape index (κ3) is 5.00. The van der Waals surface area contributed by atoms with Crippen molar-refractivity contribution in [3.63, 3.8) is 0 Å². The molecular formula is C21H22F4N6OS. The highest BCUT2D eigenvalue weighted by atomic mass is 32.1. The number of hydrogen-bond acceptors (Lipinski definition) is 6. The van der Waals surface area contributed by atoms with E-state index >= 15 is 0 Å². The summed E-state index contributed by atoms with van der Waals surface area (Å²) in [5.41, 5.74) is 2.85. The molecule has 1 saturated heterocycles. The number of anilines is 1. The Kier molecular flexibility index (Phi) is 6.37. The number of carbonyl (C=O) groups is 1. The smallest absolute Gasteiger partial charge is 0.343 e. The first-order chi connectivity index (χ1) is 15.7. The topological polar surface area (TPSA) is 67.2 Å². The number of aryl methyl sites for hydroxylation is 2. The number of rotatable bonds is 5. The van der Waals surface area contributed by atoms with Gasteiger partial charge in [-0.3, -0.25) is 9.48 Å². The van der Waals surface area contributed by atoms with Crippen molar-refractivity contribution in [2.24, 2.45) is 0 Å². The number of benzene rings is 1. The maximum absolute atomic E-state index is 13.6. The number of aromatic nitrogens is 4. The first kappa shape index (κ1) is 23.1. The van der Waals surface area contributed by atoms with Crippen LogP contribution in [0.3, 0.4) is 0 Å². The van der Waals surface area contributed by atoms with Crippen LogP contribution in [0.5, 0.6) is 0 Å². The van der Waals surface area contributed by atoms with E-state index in [1.165, 1.54) is 6.07 Å². The van der Waals surface area contributed by atoms with Crippen LogP contribution in [-0.4, -0.2) is 57.0 Å². The summed E-state index contributed by atoms with van der Waals surface area (Å²) in [5.74, 6) is -0.408. The van der Waals surface area contributed by atoms with Crippen molar-refractivity contribution in [1.29, 1.82) is 0 Å². The van der Waals surface area contributed by atoms with Gasteiger partial charge in [0.2, 0.25) is 16.0 Å². The standard InChI is InChI=1S/C21H22F4N6OS/c1-3-15-11-17(14-4-5-16(22)13(2)10-14)28-31(15)12-18(32)29-6-8-30(9-7-29)20-27-26-19(33-20)21(23,24)25/h4-5,10-11H,3,6-9,12H2,1-2H3. The van der Waals surface area contributed by atoms with E-state index < -0.39 is 11.2 Å². The van der Waals surface area contributed by atoms with Gasteiger partial charge in [0, 0.05) is 37.4 Å². The van der Waals surface area contributed by atoms with Crippen molar-refractivity contribution in [2.75, 3.05) is 31.1 Å². The monoisotopic (exact) mass is 482 g/mol. The van der Waals surface area contributed by atoms with Crippen LogP contribution in [0.2, 0.25) is 0 Å². The number of halogens is 4. The van der Waals surface area contributed by atoms with Gasteiger partial charge in [0.25, 0.3) is 0 Å². The van der Waals surface area contributed by atoms with Crippen molar-refractivity contribution < 1.29 is 22.4 Å². The van der Waals surface area contributed by atoms with Crippen molar-refractivity contribution in [3.05, 3.63) is 46.3 Å². The van der Waals surface area contributed by atoms with Crippen LogP contribution in [0.25, 0.3) is 11.3 Å². The molecule has 1 aromatic carbocycles. The number of hydrogen-bond donors (Lipinski definition) is 0. The molecule has 3 heterocycles. The van der Waals surface area contributed by atoms with Crippen LogP contribution in [-0.2, 0) is 23.9 Å². The van der Waals surface area contributed by atoms with Crippen LogP contribution >= 0.6 is 11.3 Å². The predicted molar refractivity (Wildman–Crippen MR) is 115 cm³/mol. The van der Waals surface area contributed by atoms with E-state index in [9.17, 15) is 22.4 Å². The lowest BCUT2D eigenvalue weighted by molar-refractivity contribution is -0.138. The number of alkyl halides is 3. The van der Waals surface area contributed by atoms with Crippen LogP contribution in [0.4, 0.5) is 22.7 Å². The Labute approximate surface area is 191 Å². The molecule has 3 aromatic rings. The average molecular weight is 483 g/mol. The molecule has 1 aliphatic rings. The largest absolute Gasteiger partial charge is 0.445 e. The predicted octanol–water partition coefficient (Wildman–Crippen LogP) is 3.78. The molecule has 0 spiro atoms. The quantitative estimate of drug-likeness (QED) is 0.518. The van der Waals surface area contributed by atoms with Gasteiger partial charge in [-0.1, -0.05) is 18.3 Å². The molecule has 1 amide bonds. The Morgan fingerprint density at radius 1 is 1.12 bits per heavy atom. The fourth-order valence-electron chi connectivity index (χ4n) is 3.66. The first-order valence-corrected chi connectivity index (χ1v) is 11.2. The second-order valence-corrected chi connectivity index (χ2v) is 8.71. The molecule has 12 heteroatoms.